The molecular weight excluding hydrogens is 364 g/mol. The zero-order chi connectivity index (χ0) is 16.5. The summed E-state index contributed by atoms with van der Waals surface area (Å²) in [5, 5.41) is 9.43. The number of carbonyl (C=O) groups excluding carboxylic acids is 1. The molecule has 0 aromatic carbocycles. The lowest BCUT2D eigenvalue weighted by Gasteiger charge is -2.08. The van der Waals surface area contributed by atoms with E-state index in [1.54, 1.807) is 24.5 Å². The highest BCUT2D eigenvalue weighted by Crippen LogP contribution is 2.41. The van der Waals surface area contributed by atoms with Gasteiger partial charge in [0.1, 0.15) is 0 Å². The Morgan fingerprint density at radius 2 is 2.04 bits per heavy atom. The van der Waals surface area contributed by atoms with Gasteiger partial charge < -0.3 is 0 Å². The van der Waals surface area contributed by atoms with Gasteiger partial charge in [0.15, 0.2) is 16.8 Å². The molecule has 1 fully saturated rings. The van der Waals surface area contributed by atoms with Crippen molar-refractivity contribution in [2.45, 2.75) is 24.0 Å². The van der Waals surface area contributed by atoms with Crippen molar-refractivity contribution in [3.8, 4) is 11.4 Å². The number of hydrogen-bond donors (Lipinski definition) is 0. The maximum absolute atomic E-state index is 12.3. The standard InChI is InChI=1S/C16H13ClN4OS2/c17-14-4-3-13(24-14)12(22)9-23-16-20-19-15(21(16)11-1-2-11)10-5-7-18-8-6-10/h3-8,11H,1-2,9H2. The Hall–Kier alpha value is -1.70. The third-order valence-electron chi connectivity index (χ3n) is 3.70. The van der Waals surface area contributed by atoms with Crippen LogP contribution in [0.1, 0.15) is 28.6 Å². The fourth-order valence-corrected chi connectivity index (χ4v) is 4.36. The molecule has 0 atom stereocenters. The van der Waals surface area contributed by atoms with Crippen molar-refractivity contribution in [2.24, 2.45) is 0 Å². The average Bonchev–Trinajstić information content (AvgIpc) is 3.20. The summed E-state index contributed by atoms with van der Waals surface area (Å²) in [6.45, 7) is 0. The minimum absolute atomic E-state index is 0.0627. The van der Waals surface area contributed by atoms with Crippen LogP contribution in [0, 0.1) is 0 Å². The van der Waals surface area contributed by atoms with Gasteiger partial charge >= 0.3 is 0 Å². The molecule has 3 heterocycles. The summed E-state index contributed by atoms with van der Waals surface area (Å²) in [5.41, 5.74) is 0.993. The number of Topliss-reactive ketones (excluding diaryl/α,β-unsaturated/α-hetero) is 1. The second kappa shape index (κ2) is 6.66. The highest BCUT2D eigenvalue weighted by molar-refractivity contribution is 7.99. The lowest BCUT2D eigenvalue weighted by Crippen LogP contribution is -2.03. The van der Waals surface area contributed by atoms with Crippen LogP contribution in [0.3, 0.4) is 0 Å². The average molecular weight is 377 g/mol. The first-order valence-electron chi connectivity index (χ1n) is 7.49. The van der Waals surface area contributed by atoms with E-state index in [4.69, 9.17) is 11.6 Å². The van der Waals surface area contributed by atoms with Crippen LogP contribution in [0.2, 0.25) is 4.34 Å². The van der Waals surface area contributed by atoms with E-state index in [1.165, 1.54) is 23.1 Å². The Labute approximate surface area is 152 Å². The van der Waals surface area contributed by atoms with Gasteiger partial charge in [0.05, 0.1) is 15.0 Å². The van der Waals surface area contributed by atoms with Crippen LogP contribution in [0.15, 0.2) is 41.8 Å². The number of thiophene rings is 1. The van der Waals surface area contributed by atoms with Gasteiger partial charge in [0, 0.05) is 24.0 Å². The molecule has 24 heavy (non-hydrogen) atoms. The van der Waals surface area contributed by atoms with Crippen molar-refractivity contribution in [1.29, 1.82) is 0 Å². The first kappa shape index (κ1) is 15.8. The van der Waals surface area contributed by atoms with Crippen LogP contribution in [0.4, 0.5) is 0 Å². The second-order valence-electron chi connectivity index (χ2n) is 5.46. The smallest absolute Gasteiger partial charge is 0.192 e. The van der Waals surface area contributed by atoms with E-state index in [9.17, 15) is 4.79 Å². The van der Waals surface area contributed by atoms with Crippen LogP contribution >= 0.6 is 34.7 Å². The first-order chi connectivity index (χ1) is 11.7. The number of nitrogens with zero attached hydrogens (tertiary/aromatic N) is 4. The molecule has 0 radical (unpaired) electrons. The summed E-state index contributed by atoms with van der Waals surface area (Å²) in [7, 11) is 0. The molecule has 1 aliphatic rings. The van der Waals surface area contributed by atoms with Gasteiger partial charge in [-0.05, 0) is 37.1 Å². The molecule has 8 heteroatoms. The zero-order valence-corrected chi connectivity index (χ0v) is 14.9. The maximum atomic E-state index is 12.3. The summed E-state index contributed by atoms with van der Waals surface area (Å²) >= 11 is 8.64. The van der Waals surface area contributed by atoms with Crippen LogP contribution in [0.25, 0.3) is 11.4 Å². The van der Waals surface area contributed by atoms with Gasteiger partial charge in [-0.2, -0.15) is 0 Å². The molecule has 0 aliphatic heterocycles. The number of halogens is 1. The summed E-state index contributed by atoms with van der Waals surface area (Å²) < 4.78 is 2.78. The van der Waals surface area contributed by atoms with Crippen LogP contribution in [-0.4, -0.2) is 31.3 Å². The molecule has 3 aromatic heterocycles. The van der Waals surface area contributed by atoms with Gasteiger partial charge in [-0.3, -0.25) is 14.3 Å². The zero-order valence-electron chi connectivity index (χ0n) is 12.6. The summed E-state index contributed by atoms with van der Waals surface area (Å²) in [6.07, 6.45) is 5.74. The summed E-state index contributed by atoms with van der Waals surface area (Å²) in [4.78, 5) is 17.0. The predicted octanol–water partition coefficient (Wildman–Crippen LogP) is 4.36. The number of hydrogen-bond acceptors (Lipinski definition) is 6. The predicted molar refractivity (Wildman–Crippen MR) is 95.9 cm³/mol. The maximum Gasteiger partial charge on any atom is 0.192 e. The molecule has 1 aliphatic carbocycles. The van der Waals surface area contributed by atoms with E-state index in [1.807, 2.05) is 12.1 Å². The van der Waals surface area contributed by atoms with Gasteiger partial charge in [0.25, 0.3) is 0 Å². The number of carbonyl (C=O) groups is 1. The monoisotopic (exact) mass is 376 g/mol. The second-order valence-corrected chi connectivity index (χ2v) is 8.12. The molecule has 0 unspecified atom stereocenters. The van der Waals surface area contributed by atoms with Gasteiger partial charge in [0.2, 0.25) is 0 Å². The normalized spacial score (nSPS) is 14.0. The topological polar surface area (TPSA) is 60.7 Å². The highest BCUT2D eigenvalue weighted by Gasteiger charge is 2.30. The summed E-state index contributed by atoms with van der Waals surface area (Å²) in [6, 6.07) is 7.80. The van der Waals surface area contributed by atoms with Crippen molar-refractivity contribution < 1.29 is 4.79 Å². The number of thioether (sulfide) groups is 1. The quantitative estimate of drug-likeness (QED) is 0.472. The largest absolute Gasteiger partial charge is 0.299 e. The molecule has 0 N–H and O–H groups in total. The Kier molecular flexibility index (Phi) is 4.39. The lowest BCUT2D eigenvalue weighted by molar-refractivity contribution is 0.102. The number of aromatic nitrogens is 4. The van der Waals surface area contributed by atoms with E-state index < -0.39 is 0 Å². The number of pyridine rings is 1. The van der Waals surface area contributed by atoms with E-state index in [0.717, 1.165) is 29.4 Å². The SMILES string of the molecule is O=C(CSc1nnc(-c2ccncc2)n1C1CC1)c1ccc(Cl)s1. The number of ketones is 1. The van der Waals surface area contributed by atoms with Gasteiger partial charge in [-0.25, -0.2) is 0 Å². The van der Waals surface area contributed by atoms with E-state index in [2.05, 4.69) is 19.7 Å². The van der Waals surface area contributed by atoms with Crippen LogP contribution < -0.4 is 0 Å². The fraction of sp³-hybridized carbons (Fsp3) is 0.250. The molecule has 5 nitrogen and oxygen atoms in total. The minimum Gasteiger partial charge on any atom is -0.299 e. The van der Waals surface area contributed by atoms with Crippen molar-refractivity contribution in [1.82, 2.24) is 19.7 Å². The Balaban J connectivity index is 1.55. The first-order valence-corrected chi connectivity index (χ1v) is 9.67. The van der Waals surface area contributed by atoms with E-state index in [-0.39, 0.29) is 5.78 Å². The molecule has 1 saturated carbocycles. The van der Waals surface area contributed by atoms with Crippen LogP contribution in [-0.2, 0) is 0 Å². The van der Waals surface area contributed by atoms with Gasteiger partial charge in [-0.15, -0.1) is 21.5 Å². The Morgan fingerprint density at radius 3 is 2.71 bits per heavy atom. The summed E-state index contributed by atoms with van der Waals surface area (Å²) in [5.74, 6) is 1.24. The third-order valence-corrected chi connectivity index (χ3v) is 5.91. The Bertz CT molecular complexity index is 873. The Morgan fingerprint density at radius 1 is 1.25 bits per heavy atom. The molecular formula is C16H13ClN4OS2. The molecule has 0 spiro atoms. The van der Waals surface area contributed by atoms with Crippen molar-refractivity contribution in [2.75, 3.05) is 5.75 Å². The molecule has 0 saturated heterocycles. The van der Waals surface area contributed by atoms with Crippen molar-refractivity contribution >= 4 is 40.5 Å². The molecule has 0 amide bonds. The van der Waals surface area contributed by atoms with E-state index in [0.29, 0.717) is 21.0 Å². The third kappa shape index (κ3) is 3.24. The van der Waals surface area contributed by atoms with Crippen molar-refractivity contribution in [3.05, 3.63) is 45.9 Å². The molecule has 0 bridgehead atoms. The fourth-order valence-electron chi connectivity index (χ4n) is 2.40. The molecule has 3 aromatic rings. The van der Waals surface area contributed by atoms with Crippen molar-refractivity contribution in [3.63, 3.8) is 0 Å². The number of rotatable bonds is 6. The minimum atomic E-state index is 0.0627. The molecule has 122 valence electrons. The van der Waals surface area contributed by atoms with E-state index >= 15 is 0 Å². The lowest BCUT2D eigenvalue weighted by atomic mass is 10.2. The highest BCUT2D eigenvalue weighted by atomic mass is 35.5. The molecule has 4 rings (SSSR count). The van der Waals surface area contributed by atoms with Gasteiger partial charge in [-0.1, -0.05) is 23.4 Å². The van der Waals surface area contributed by atoms with Crippen LogP contribution in [0.5, 0.6) is 0 Å².